The fraction of sp³-hybridized carbons (Fsp3) is 0.800. The smallest absolute Gasteiger partial charge is 0.214 e. The lowest BCUT2D eigenvalue weighted by atomic mass is 10.0. The first-order valence-corrected chi connectivity index (χ1v) is 9.75. The van der Waals surface area contributed by atoms with Gasteiger partial charge in [0, 0.05) is 31.3 Å². The highest BCUT2D eigenvalue weighted by atomic mass is 32.2. The first kappa shape index (κ1) is 16.0. The quantitative estimate of drug-likeness (QED) is 0.763. The molecule has 1 aliphatic carbocycles. The third-order valence-corrected chi connectivity index (χ3v) is 6.32. The Labute approximate surface area is 132 Å². The van der Waals surface area contributed by atoms with Crippen molar-refractivity contribution in [1.82, 2.24) is 13.9 Å². The standard InChI is InChI=1S/C15H25N3O3S/c1-3-21-10-13-8-18(22(19,20)4-2)9-14-15(13)17(11-16-14)7-12-5-6-12/h11-13H,3-10H2,1-2H3. The monoisotopic (exact) mass is 327 g/mol. The van der Waals surface area contributed by atoms with Crippen LogP contribution in [0.25, 0.3) is 0 Å². The fourth-order valence-electron chi connectivity index (χ4n) is 3.10. The maximum Gasteiger partial charge on any atom is 0.214 e. The molecule has 1 fully saturated rings. The number of sulfonamides is 1. The molecule has 0 amide bonds. The van der Waals surface area contributed by atoms with E-state index in [2.05, 4.69) is 9.55 Å². The van der Waals surface area contributed by atoms with E-state index in [0.29, 0.717) is 26.3 Å². The minimum absolute atomic E-state index is 0.0753. The van der Waals surface area contributed by atoms with Crippen molar-refractivity contribution in [2.24, 2.45) is 5.92 Å². The van der Waals surface area contributed by atoms with Gasteiger partial charge in [-0.15, -0.1) is 0 Å². The van der Waals surface area contributed by atoms with Crippen LogP contribution in [0.5, 0.6) is 0 Å². The molecule has 0 radical (unpaired) electrons. The Morgan fingerprint density at radius 3 is 2.77 bits per heavy atom. The number of nitrogens with zero attached hydrogens (tertiary/aromatic N) is 3. The molecule has 0 aromatic carbocycles. The van der Waals surface area contributed by atoms with Crippen molar-refractivity contribution >= 4 is 10.0 Å². The van der Waals surface area contributed by atoms with E-state index in [4.69, 9.17) is 4.74 Å². The molecule has 0 saturated heterocycles. The predicted molar refractivity (Wildman–Crippen MR) is 84.1 cm³/mol. The molecule has 0 spiro atoms. The minimum atomic E-state index is -3.19. The molecule has 1 unspecified atom stereocenters. The summed E-state index contributed by atoms with van der Waals surface area (Å²) in [5.41, 5.74) is 2.08. The van der Waals surface area contributed by atoms with Gasteiger partial charge in [0.1, 0.15) is 0 Å². The molecular weight excluding hydrogens is 302 g/mol. The molecule has 0 bridgehead atoms. The van der Waals surface area contributed by atoms with Gasteiger partial charge >= 0.3 is 0 Å². The topological polar surface area (TPSA) is 64.4 Å². The van der Waals surface area contributed by atoms with E-state index >= 15 is 0 Å². The van der Waals surface area contributed by atoms with Crippen LogP contribution in [0, 0.1) is 5.92 Å². The van der Waals surface area contributed by atoms with Gasteiger partial charge in [-0.3, -0.25) is 0 Å². The number of rotatable bonds is 7. The molecule has 1 atom stereocenters. The fourth-order valence-corrected chi connectivity index (χ4v) is 4.19. The van der Waals surface area contributed by atoms with E-state index in [9.17, 15) is 8.42 Å². The lowest BCUT2D eigenvalue weighted by molar-refractivity contribution is 0.118. The van der Waals surface area contributed by atoms with Crippen LogP contribution in [-0.2, 0) is 27.8 Å². The summed E-state index contributed by atoms with van der Waals surface area (Å²) in [5, 5.41) is 0. The van der Waals surface area contributed by atoms with Crippen molar-refractivity contribution in [3.8, 4) is 0 Å². The zero-order valence-corrected chi connectivity index (χ0v) is 14.2. The van der Waals surface area contributed by atoms with Crippen LogP contribution in [0.2, 0.25) is 0 Å². The average Bonchev–Trinajstić information content (AvgIpc) is 3.24. The molecule has 3 rings (SSSR count). The van der Waals surface area contributed by atoms with Crippen LogP contribution >= 0.6 is 0 Å². The highest BCUT2D eigenvalue weighted by molar-refractivity contribution is 7.89. The van der Waals surface area contributed by atoms with Gasteiger partial charge in [-0.05, 0) is 32.6 Å². The van der Waals surface area contributed by atoms with Crippen LogP contribution in [0.15, 0.2) is 6.33 Å². The van der Waals surface area contributed by atoms with Crippen molar-refractivity contribution < 1.29 is 13.2 Å². The summed E-state index contributed by atoms with van der Waals surface area (Å²) in [6.07, 6.45) is 4.46. The van der Waals surface area contributed by atoms with Gasteiger partial charge < -0.3 is 9.30 Å². The summed E-state index contributed by atoms with van der Waals surface area (Å²) >= 11 is 0. The molecule has 6 nitrogen and oxygen atoms in total. The molecule has 0 N–H and O–H groups in total. The van der Waals surface area contributed by atoms with Gasteiger partial charge in [0.2, 0.25) is 10.0 Å². The highest BCUT2D eigenvalue weighted by Gasteiger charge is 2.35. The minimum Gasteiger partial charge on any atom is -0.381 e. The highest BCUT2D eigenvalue weighted by Crippen LogP contribution is 2.35. The summed E-state index contributed by atoms with van der Waals surface area (Å²) in [7, 11) is -3.19. The second kappa shape index (κ2) is 6.29. The van der Waals surface area contributed by atoms with Crippen LogP contribution in [0.3, 0.4) is 0 Å². The second-order valence-corrected chi connectivity index (χ2v) is 8.48. The molecular formula is C15H25N3O3S. The number of ether oxygens (including phenoxy) is 1. The number of fused-ring (bicyclic) bond motifs is 1. The lowest BCUT2D eigenvalue weighted by Gasteiger charge is -2.32. The van der Waals surface area contributed by atoms with Gasteiger partial charge in [0.25, 0.3) is 0 Å². The van der Waals surface area contributed by atoms with Crippen molar-refractivity contribution in [1.29, 1.82) is 0 Å². The van der Waals surface area contributed by atoms with E-state index in [1.54, 1.807) is 11.2 Å². The largest absolute Gasteiger partial charge is 0.381 e. The number of hydrogen-bond donors (Lipinski definition) is 0. The predicted octanol–water partition coefficient (Wildman–Crippen LogP) is 1.58. The van der Waals surface area contributed by atoms with Crippen molar-refractivity contribution in [2.45, 2.75) is 45.7 Å². The molecule has 2 aliphatic rings. The Morgan fingerprint density at radius 1 is 1.36 bits per heavy atom. The van der Waals surface area contributed by atoms with E-state index in [1.807, 2.05) is 13.3 Å². The molecule has 7 heteroatoms. The summed E-state index contributed by atoms with van der Waals surface area (Å²) in [5.74, 6) is 0.974. The van der Waals surface area contributed by atoms with E-state index < -0.39 is 10.0 Å². The molecule has 22 heavy (non-hydrogen) atoms. The van der Waals surface area contributed by atoms with Gasteiger partial charge in [0.05, 0.1) is 30.9 Å². The molecule has 124 valence electrons. The Hall–Kier alpha value is -0.920. The zero-order chi connectivity index (χ0) is 15.7. The van der Waals surface area contributed by atoms with E-state index in [1.165, 1.54) is 18.5 Å². The van der Waals surface area contributed by atoms with E-state index in [0.717, 1.165) is 18.2 Å². The van der Waals surface area contributed by atoms with Gasteiger partial charge in [-0.1, -0.05) is 0 Å². The van der Waals surface area contributed by atoms with Crippen LogP contribution in [-0.4, -0.2) is 47.8 Å². The summed E-state index contributed by atoms with van der Waals surface area (Å²) in [6, 6.07) is 0. The number of imidazole rings is 1. The van der Waals surface area contributed by atoms with Gasteiger partial charge in [-0.2, -0.15) is 4.31 Å². The Bertz CT molecular complexity index is 622. The third kappa shape index (κ3) is 3.21. The molecule has 1 aromatic heterocycles. The maximum atomic E-state index is 12.2. The van der Waals surface area contributed by atoms with Crippen molar-refractivity contribution in [3.63, 3.8) is 0 Å². The first-order chi connectivity index (χ1) is 10.5. The first-order valence-electron chi connectivity index (χ1n) is 8.14. The molecule has 2 heterocycles. The Balaban J connectivity index is 1.88. The van der Waals surface area contributed by atoms with Crippen molar-refractivity contribution in [3.05, 3.63) is 17.7 Å². The summed E-state index contributed by atoms with van der Waals surface area (Å²) in [6.45, 7) is 6.75. The van der Waals surface area contributed by atoms with Gasteiger partial charge in [0.15, 0.2) is 0 Å². The number of aromatic nitrogens is 2. The normalized spacial score (nSPS) is 22.7. The average molecular weight is 327 g/mol. The Morgan fingerprint density at radius 2 is 2.14 bits per heavy atom. The van der Waals surface area contributed by atoms with Crippen LogP contribution in [0.1, 0.15) is 44.0 Å². The number of hydrogen-bond acceptors (Lipinski definition) is 4. The SMILES string of the molecule is CCOCC1CN(S(=O)(=O)CC)Cc2ncn(CC3CC3)c21. The lowest BCUT2D eigenvalue weighted by Crippen LogP contribution is -2.41. The molecule has 1 saturated carbocycles. The second-order valence-electron chi connectivity index (χ2n) is 6.22. The summed E-state index contributed by atoms with van der Waals surface area (Å²) < 4.78 is 33.9. The molecule has 1 aromatic rings. The van der Waals surface area contributed by atoms with Crippen LogP contribution in [0.4, 0.5) is 0 Å². The van der Waals surface area contributed by atoms with E-state index in [-0.39, 0.29) is 11.7 Å². The summed E-state index contributed by atoms with van der Waals surface area (Å²) in [4.78, 5) is 4.50. The third-order valence-electron chi connectivity index (χ3n) is 4.53. The Kier molecular flexibility index (Phi) is 4.56. The molecule has 1 aliphatic heterocycles. The van der Waals surface area contributed by atoms with Crippen LogP contribution < -0.4 is 0 Å². The van der Waals surface area contributed by atoms with Gasteiger partial charge in [-0.25, -0.2) is 13.4 Å². The zero-order valence-electron chi connectivity index (χ0n) is 13.4. The maximum absolute atomic E-state index is 12.2. The van der Waals surface area contributed by atoms with Crippen molar-refractivity contribution in [2.75, 3.05) is 25.5 Å².